The second kappa shape index (κ2) is 7.70. The van der Waals surface area contributed by atoms with E-state index in [1.807, 2.05) is 16.4 Å². The van der Waals surface area contributed by atoms with E-state index in [0.29, 0.717) is 26.1 Å². The lowest BCUT2D eigenvalue weighted by atomic mass is 10.1. The zero-order valence-corrected chi connectivity index (χ0v) is 14.2. The number of nitrogens with zero attached hydrogens (tertiary/aromatic N) is 4. The molecular weight excluding hydrogens is 312 g/mol. The van der Waals surface area contributed by atoms with Crippen molar-refractivity contribution < 1.29 is 9.53 Å². The molecule has 3 rings (SSSR count). The number of morpholine rings is 1. The van der Waals surface area contributed by atoms with Crippen LogP contribution in [0.25, 0.3) is 0 Å². The van der Waals surface area contributed by atoms with Gasteiger partial charge in [-0.15, -0.1) is 21.5 Å². The van der Waals surface area contributed by atoms with E-state index in [2.05, 4.69) is 27.7 Å². The van der Waals surface area contributed by atoms with Crippen LogP contribution in [0.5, 0.6) is 0 Å². The predicted octanol–water partition coefficient (Wildman–Crippen LogP) is 2.28. The molecule has 0 bridgehead atoms. The summed E-state index contributed by atoms with van der Waals surface area (Å²) in [5, 5.41) is 10.2. The average molecular weight is 334 g/mol. The van der Waals surface area contributed by atoms with E-state index in [0.717, 1.165) is 25.2 Å². The van der Waals surface area contributed by atoms with Crippen LogP contribution in [0.3, 0.4) is 0 Å². The molecule has 0 aliphatic carbocycles. The number of amides is 1. The molecular formula is C16H22N4O2S. The van der Waals surface area contributed by atoms with Crippen molar-refractivity contribution in [3.63, 3.8) is 0 Å². The predicted molar refractivity (Wildman–Crippen MR) is 88.2 cm³/mol. The standard InChI is InChI=1S/C16H22N4O2S/c1-2-19-12-17-18-16(19)14-11-20(8-9-22-14)15(21)7-3-5-13-6-4-10-23-13/h4,6,10,12,14H,2-3,5,7-9,11H2,1H3/t14-/m0/s1. The van der Waals surface area contributed by atoms with Gasteiger partial charge in [0, 0.05) is 24.4 Å². The van der Waals surface area contributed by atoms with Crippen LogP contribution in [0.2, 0.25) is 0 Å². The minimum atomic E-state index is -0.174. The van der Waals surface area contributed by atoms with Gasteiger partial charge in [0.05, 0.1) is 13.2 Å². The molecule has 2 aromatic rings. The summed E-state index contributed by atoms with van der Waals surface area (Å²) in [6.45, 7) is 4.63. The fourth-order valence-electron chi connectivity index (χ4n) is 2.82. The molecule has 2 aromatic heterocycles. The first kappa shape index (κ1) is 16.1. The van der Waals surface area contributed by atoms with Gasteiger partial charge in [0.1, 0.15) is 12.4 Å². The van der Waals surface area contributed by atoms with Crippen LogP contribution < -0.4 is 0 Å². The van der Waals surface area contributed by atoms with E-state index in [-0.39, 0.29) is 12.0 Å². The largest absolute Gasteiger partial charge is 0.366 e. The third-order valence-electron chi connectivity index (χ3n) is 4.09. The highest BCUT2D eigenvalue weighted by Gasteiger charge is 2.28. The second-order valence-electron chi connectivity index (χ2n) is 5.61. The van der Waals surface area contributed by atoms with E-state index >= 15 is 0 Å². The summed E-state index contributed by atoms with van der Waals surface area (Å²) < 4.78 is 7.76. The molecule has 23 heavy (non-hydrogen) atoms. The summed E-state index contributed by atoms with van der Waals surface area (Å²) in [5.41, 5.74) is 0. The Hall–Kier alpha value is -1.73. The highest BCUT2D eigenvalue weighted by molar-refractivity contribution is 7.09. The van der Waals surface area contributed by atoms with Crippen molar-refractivity contribution >= 4 is 17.2 Å². The molecule has 3 heterocycles. The molecule has 1 aliphatic heterocycles. The molecule has 0 unspecified atom stereocenters. The summed E-state index contributed by atoms with van der Waals surface area (Å²) >= 11 is 1.75. The van der Waals surface area contributed by atoms with Gasteiger partial charge in [-0.05, 0) is 31.2 Å². The van der Waals surface area contributed by atoms with Crippen molar-refractivity contribution in [3.05, 3.63) is 34.5 Å². The lowest BCUT2D eigenvalue weighted by Crippen LogP contribution is -2.42. The second-order valence-corrected chi connectivity index (χ2v) is 6.64. The molecule has 0 aromatic carbocycles. The number of hydrogen-bond acceptors (Lipinski definition) is 5. The summed E-state index contributed by atoms with van der Waals surface area (Å²) in [6.07, 6.45) is 3.99. The van der Waals surface area contributed by atoms with Gasteiger partial charge in [0.25, 0.3) is 0 Å². The topological polar surface area (TPSA) is 60.2 Å². The number of hydrogen-bond donors (Lipinski definition) is 0. The van der Waals surface area contributed by atoms with Crippen molar-refractivity contribution in [2.75, 3.05) is 19.7 Å². The van der Waals surface area contributed by atoms with Crippen LogP contribution in [-0.2, 0) is 22.5 Å². The Morgan fingerprint density at radius 3 is 3.22 bits per heavy atom. The molecule has 0 N–H and O–H groups in total. The first-order valence-electron chi connectivity index (χ1n) is 8.07. The van der Waals surface area contributed by atoms with Gasteiger partial charge in [-0.3, -0.25) is 4.79 Å². The first-order chi connectivity index (χ1) is 11.3. The molecule has 0 radical (unpaired) electrons. The fraction of sp³-hybridized carbons (Fsp3) is 0.562. The average Bonchev–Trinajstić information content (AvgIpc) is 3.26. The third-order valence-corrected chi connectivity index (χ3v) is 5.02. The van der Waals surface area contributed by atoms with Crippen LogP contribution in [0.15, 0.2) is 23.8 Å². The highest BCUT2D eigenvalue weighted by atomic mass is 32.1. The van der Waals surface area contributed by atoms with Crippen LogP contribution in [0, 0.1) is 0 Å². The molecule has 6 nitrogen and oxygen atoms in total. The Morgan fingerprint density at radius 1 is 1.52 bits per heavy atom. The number of rotatable bonds is 6. The maximum absolute atomic E-state index is 12.4. The van der Waals surface area contributed by atoms with E-state index in [1.54, 1.807) is 17.7 Å². The summed E-state index contributed by atoms with van der Waals surface area (Å²) in [4.78, 5) is 15.7. The van der Waals surface area contributed by atoms with E-state index in [4.69, 9.17) is 4.74 Å². The van der Waals surface area contributed by atoms with Gasteiger partial charge in [-0.25, -0.2) is 0 Å². The van der Waals surface area contributed by atoms with Crippen LogP contribution >= 0.6 is 11.3 Å². The molecule has 0 spiro atoms. The molecule has 7 heteroatoms. The summed E-state index contributed by atoms with van der Waals surface area (Å²) in [5.74, 6) is 1.01. The van der Waals surface area contributed by atoms with Gasteiger partial charge >= 0.3 is 0 Å². The molecule has 1 amide bonds. The Balaban J connectivity index is 1.52. The first-order valence-corrected chi connectivity index (χ1v) is 8.95. The van der Waals surface area contributed by atoms with Crippen molar-refractivity contribution in [1.82, 2.24) is 19.7 Å². The summed E-state index contributed by atoms with van der Waals surface area (Å²) in [7, 11) is 0. The van der Waals surface area contributed by atoms with Gasteiger partial charge in [0.2, 0.25) is 5.91 Å². The fourth-order valence-corrected chi connectivity index (χ4v) is 3.57. The molecule has 1 aliphatic rings. The number of carbonyl (C=O) groups excluding carboxylic acids is 1. The Morgan fingerprint density at radius 2 is 2.43 bits per heavy atom. The molecule has 1 atom stereocenters. The number of carbonyl (C=O) groups is 1. The normalized spacial score (nSPS) is 18.3. The third kappa shape index (κ3) is 3.97. The van der Waals surface area contributed by atoms with Crippen molar-refractivity contribution in [2.45, 2.75) is 38.8 Å². The number of aromatic nitrogens is 3. The maximum atomic E-state index is 12.4. The maximum Gasteiger partial charge on any atom is 0.222 e. The Labute approximate surface area is 140 Å². The van der Waals surface area contributed by atoms with Crippen LogP contribution in [-0.4, -0.2) is 45.3 Å². The van der Waals surface area contributed by atoms with Crippen LogP contribution in [0.4, 0.5) is 0 Å². The van der Waals surface area contributed by atoms with E-state index in [9.17, 15) is 4.79 Å². The lowest BCUT2D eigenvalue weighted by Gasteiger charge is -2.32. The lowest BCUT2D eigenvalue weighted by molar-refractivity contribution is -0.139. The van der Waals surface area contributed by atoms with Crippen molar-refractivity contribution in [2.24, 2.45) is 0 Å². The van der Waals surface area contributed by atoms with Gasteiger partial charge in [0.15, 0.2) is 5.82 Å². The zero-order chi connectivity index (χ0) is 16.1. The van der Waals surface area contributed by atoms with Crippen molar-refractivity contribution in [3.8, 4) is 0 Å². The minimum Gasteiger partial charge on any atom is -0.366 e. The minimum absolute atomic E-state index is 0.174. The Bertz CT molecular complexity index is 626. The van der Waals surface area contributed by atoms with Crippen molar-refractivity contribution in [1.29, 1.82) is 0 Å². The quantitative estimate of drug-likeness (QED) is 0.813. The molecule has 1 saturated heterocycles. The number of aryl methyl sites for hydroxylation is 2. The monoisotopic (exact) mass is 334 g/mol. The highest BCUT2D eigenvalue weighted by Crippen LogP contribution is 2.21. The zero-order valence-electron chi connectivity index (χ0n) is 13.4. The summed E-state index contributed by atoms with van der Waals surface area (Å²) in [6, 6.07) is 4.18. The van der Waals surface area contributed by atoms with Gasteiger partial charge < -0.3 is 14.2 Å². The number of thiophene rings is 1. The smallest absolute Gasteiger partial charge is 0.222 e. The van der Waals surface area contributed by atoms with E-state index < -0.39 is 0 Å². The van der Waals surface area contributed by atoms with Crippen LogP contribution in [0.1, 0.15) is 36.6 Å². The Kier molecular flexibility index (Phi) is 5.40. The SMILES string of the molecule is CCn1cnnc1[C@@H]1CN(C(=O)CCCc2cccs2)CCO1. The van der Waals surface area contributed by atoms with E-state index in [1.165, 1.54) is 4.88 Å². The molecule has 1 fully saturated rings. The molecule has 124 valence electrons. The molecule has 0 saturated carbocycles. The van der Waals surface area contributed by atoms with Gasteiger partial charge in [-0.1, -0.05) is 6.07 Å². The van der Waals surface area contributed by atoms with Gasteiger partial charge in [-0.2, -0.15) is 0 Å². The number of ether oxygens (including phenoxy) is 1.